The minimum Gasteiger partial charge on any atom is -0.492 e. The molecule has 14 heteroatoms. The molecule has 3 aromatic rings. The maximum atomic E-state index is 13.6. The lowest BCUT2D eigenvalue weighted by molar-refractivity contribution is -0.134. The van der Waals surface area contributed by atoms with Crippen molar-refractivity contribution in [1.29, 1.82) is 0 Å². The monoisotopic (exact) mass is 694 g/mol. The van der Waals surface area contributed by atoms with Crippen LogP contribution in [0.25, 0.3) is 0 Å². The van der Waals surface area contributed by atoms with Crippen LogP contribution in [-0.2, 0) is 45.0 Å². The first-order chi connectivity index (χ1) is 23.2. The highest BCUT2D eigenvalue weighted by Crippen LogP contribution is 2.15. The van der Waals surface area contributed by atoms with Gasteiger partial charge in [-0.3, -0.25) is 19.2 Å². The maximum Gasteiger partial charge on any atom is 0.243 e. The number of carbonyl (C=O) groups excluding carboxylic acids is 4. The highest BCUT2D eigenvalue weighted by atomic mass is 35.5. The molecular weight excluding hydrogens is 648 g/mol. The average Bonchev–Trinajstić information content (AvgIpc) is 3.78. The van der Waals surface area contributed by atoms with Gasteiger partial charge in [0.2, 0.25) is 23.6 Å². The number of nitrogens with zero attached hydrogens (tertiary/aromatic N) is 4. The Morgan fingerprint density at radius 3 is 2.55 bits per heavy atom. The molecule has 2 aliphatic heterocycles. The van der Waals surface area contributed by atoms with E-state index in [1.54, 1.807) is 15.6 Å². The number of amides is 4. The van der Waals surface area contributed by atoms with Crippen LogP contribution in [0.2, 0.25) is 0 Å². The van der Waals surface area contributed by atoms with Gasteiger partial charge in [0.15, 0.2) is 0 Å². The van der Waals surface area contributed by atoms with Crippen LogP contribution in [0.4, 0.5) is 0 Å². The summed E-state index contributed by atoms with van der Waals surface area (Å²) in [5.41, 5.74) is 2.36. The van der Waals surface area contributed by atoms with Crippen LogP contribution in [0.15, 0.2) is 60.8 Å². The normalized spacial score (nSPS) is 21.5. The van der Waals surface area contributed by atoms with Crippen LogP contribution >= 0.6 is 12.4 Å². The predicted octanol–water partition coefficient (Wildman–Crippen LogP) is 1.44. The number of aromatic nitrogens is 3. The van der Waals surface area contributed by atoms with Crippen molar-refractivity contribution >= 4 is 36.0 Å². The van der Waals surface area contributed by atoms with Gasteiger partial charge in [-0.25, -0.2) is 4.68 Å². The zero-order chi connectivity index (χ0) is 33.9. The summed E-state index contributed by atoms with van der Waals surface area (Å²) < 4.78 is 7.65. The zero-order valence-corrected chi connectivity index (χ0v) is 28.9. The number of halogens is 1. The minimum atomic E-state index is -0.899. The number of hydrogen-bond acceptors (Lipinski definition) is 8. The van der Waals surface area contributed by atoms with Gasteiger partial charge in [0.1, 0.15) is 24.4 Å². The number of carbonyl (C=O) groups is 4. The van der Waals surface area contributed by atoms with Crippen molar-refractivity contribution in [2.45, 2.75) is 70.6 Å². The Balaban J connectivity index is 0.00000541. The van der Waals surface area contributed by atoms with Gasteiger partial charge in [-0.1, -0.05) is 61.5 Å². The molecule has 2 aliphatic rings. The summed E-state index contributed by atoms with van der Waals surface area (Å²) in [6.07, 6.45) is 4.35. The van der Waals surface area contributed by atoms with Crippen LogP contribution in [0.3, 0.4) is 0 Å². The van der Waals surface area contributed by atoms with Crippen molar-refractivity contribution in [3.05, 3.63) is 77.6 Å². The van der Waals surface area contributed by atoms with Crippen molar-refractivity contribution in [2.24, 2.45) is 5.92 Å². The molecule has 0 aliphatic carbocycles. The average molecular weight is 695 g/mol. The fourth-order valence-corrected chi connectivity index (χ4v) is 5.96. The van der Waals surface area contributed by atoms with Crippen LogP contribution in [-0.4, -0.2) is 94.4 Å². The Morgan fingerprint density at radius 1 is 0.980 bits per heavy atom. The number of benzene rings is 2. The Hall–Kier alpha value is -4.49. The lowest BCUT2D eigenvalue weighted by Crippen LogP contribution is -2.56. The van der Waals surface area contributed by atoms with Gasteiger partial charge in [0.25, 0.3) is 0 Å². The molecule has 5 rings (SSSR count). The lowest BCUT2D eigenvalue weighted by atomic mass is 10.0. The molecule has 3 heterocycles. The molecule has 4 N–H and O–H groups in total. The van der Waals surface area contributed by atoms with Gasteiger partial charge >= 0.3 is 0 Å². The summed E-state index contributed by atoms with van der Waals surface area (Å²) in [5, 5.41) is 20.5. The lowest BCUT2D eigenvalue weighted by Gasteiger charge is -2.27. The number of rotatable bonds is 4. The highest BCUT2D eigenvalue weighted by molar-refractivity contribution is 5.92. The summed E-state index contributed by atoms with van der Waals surface area (Å²) in [6, 6.07) is 14.7. The molecule has 0 spiro atoms. The molecule has 0 unspecified atom stereocenters. The van der Waals surface area contributed by atoms with E-state index in [0.29, 0.717) is 38.4 Å². The molecule has 264 valence electrons. The Labute approximate surface area is 293 Å². The third kappa shape index (κ3) is 11.0. The molecule has 1 fully saturated rings. The SMILES string of the molecule is CC(C)[C@H]1NC(=O)Cc2cccc(c2)OCCn2cc(nn2)CCN(C(=O)[C@@H]2CCCN2)CCNC(=O)[C@H](Cc2ccccc2)NC1=O.Cl. The van der Waals surface area contributed by atoms with Gasteiger partial charge in [-0.05, 0) is 48.6 Å². The Bertz CT molecular complexity index is 1550. The summed E-state index contributed by atoms with van der Waals surface area (Å²) in [5.74, 6) is -0.770. The van der Waals surface area contributed by atoms with Gasteiger partial charge in [0, 0.05) is 38.7 Å². The number of fused-ring (bicyclic) bond motifs is 4. The molecule has 4 bridgehead atoms. The van der Waals surface area contributed by atoms with E-state index in [1.165, 1.54) is 0 Å². The van der Waals surface area contributed by atoms with Crippen molar-refractivity contribution in [1.82, 2.24) is 41.2 Å². The van der Waals surface area contributed by atoms with Crippen molar-refractivity contribution in [3.63, 3.8) is 0 Å². The zero-order valence-electron chi connectivity index (χ0n) is 28.1. The molecule has 3 atom stereocenters. The smallest absolute Gasteiger partial charge is 0.243 e. The first-order valence-electron chi connectivity index (χ1n) is 16.8. The quantitative estimate of drug-likeness (QED) is 0.320. The van der Waals surface area contributed by atoms with E-state index in [1.807, 2.05) is 68.6 Å². The van der Waals surface area contributed by atoms with E-state index in [9.17, 15) is 19.2 Å². The fourth-order valence-electron chi connectivity index (χ4n) is 5.96. The van der Waals surface area contributed by atoms with Crippen LogP contribution in [0.1, 0.15) is 43.5 Å². The molecular formula is C35H47ClN8O5. The first kappa shape index (κ1) is 37.3. The predicted molar refractivity (Wildman–Crippen MR) is 186 cm³/mol. The van der Waals surface area contributed by atoms with E-state index in [-0.39, 0.29) is 61.5 Å². The summed E-state index contributed by atoms with van der Waals surface area (Å²) in [6.45, 7) is 6.20. The highest BCUT2D eigenvalue weighted by Gasteiger charge is 2.30. The van der Waals surface area contributed by atoms with Crippen LogP contribution in [0, 0.1) is 5.92 Å². The summed E-state index contributed by atoms with van der Waals surface area (Å²) >= 11 is 0. The van der Waals surface area contributed by atoms with Crippen molar-refractivity contribution in [3.8, 4) is 5.75 Å². The van der Waals surface area contributed by atoms with Crippen LogP contribution in [0.5, 0.6) is 5.75 Å². The topological polar surface area (TPSA) is 160 Å². The van der Waals surface area contributed by atoms with Gasteiger partial charge in [-0.15, -0.1) is 17.5 Å². The van der Waals surface area contributed by atoms with Crippen molar-refractivity contribution in [2.75, 3.05) is 32.8 Å². The summed E-state index contributed by atoms with van der Waals surface area (Å²) in [7, 11) is 0. The Morgan fingerprint density at radius 2 is 1.80 bits per heavy atom. The van der Waals surface area contributed by atoms with E-state index < -0.39 is 18.0 Å². The van der Waals surface area contributed by atoms with E-state index >= 15 is 0 Å². The minimum absolute atomic E-state index is 0. The maximum absolute atomic E-state index is 13.6. The molecule has 1 saturated heterocycles. The second kappa shape index (κ2) is 18.3. The third-order valence-corrected chi connectivity index (χ3v) is 8.61. The molecule has 13 nitrogen and oxygen atoms in total. The molecule has 1 aromatic heterocycles. The standard InChI is InChI=1S/C35H46N8O5.ClH/c1-24(2)32-34(46)38-30(21-25-8-4-3-5-9-25)33(45)37-15-17-42(35(47)29-12-7-14-36-29)16-13-27-23-43(41-40-27)18-19-48-28-11-6-10-26(20-28)22-31(44)39-32;/h3-6,8-11,20,23-24,29-30,32,36H,7,12-19,21-22H2,1-2H3,(H,37,45)(H,38,46)(H,39,44);1H/t29-,30-,32+;/m0./s1. The molecule has 2 aromatic carbocycles. The number of hydrogen-bond donors (Lipinski definition) is 4. The van der Waals surface area contributed by atoms with E-state index in [2.05, 4.69) is 31.6 Å². The first-order valence-corrected chi connectivity index (χ1v) is 16.8. The van der Waals surface area contributed by atoms with E-state index in [4.69, 9.17) is 4.74 Å². The summed E-state index contributed by atoms with van der Waals surface area (Å²) in [4.78, 5) is 55.7. The van der Waals surface area contributed by atoms with Gasteiger partial charge in [0.05, 0.1) is 24.7 Å². The van der Waals surface area contributed by atoms with Crippen molar-refractivity contribution < 1.29 is 23.9 Å². The molecule has 0 saturated carbocycles. The third-order valence-electron chi connectivity index (χ3n) is 8.61. The molecule has 4 amide bonds. The van der Waals surface area contributed by atoms with E-state index in [0.717, 1.165) is 36.2 Å². The number of ether oxygens (including phenoxy) is 1. The van der Waals surface area contributed by atoms with Gasteiger partial charge < -0.3 is 30.9 Å². The second-order valence-corrected chi connectivity index (χ2v) is 12.7. The largest absolute Gasteiger partial charge is 0.492 e. The second-order valence-electron chi connectivity index (χ2n) is 12.7. The van der Waals surface area contributed by atoms with Crippen LogP contribution < -0.4 is 26.0 Å². The fraction of sp³-hybridized carbons (Fsp3) is 0.486. The van der Waals surface area contributed by atoms with Gasteiger partial charge in [-0.2, -0.15) is 0 Å². The number of nitrogens with one attached hydrogen (secondary N) is 4. The molecule has 0 radical (unpaired) electrons. The molecule has 49 heavy (non-hydrogen) atoms. The Kier molecular flexibility index (Phi) is 14.0.